The molecule has 0 aromatic rings. The van der Waals surface area contributed by atoms with Crippen molar-refractivity contribution in [3.63, 3.8) is 0 Å². The van der Waals surface area contributed by atoms with Gasteiger partial charge in [-0.3, -0.25) is 0 Å². The van der Waals surface area contributed by atoms with Crippen LogP contribution >= 0.6 is 0 Å². The molecule has 0 fully saturated rings. The Morgan fingerprint density at radius 2 is 1.59 bits per heavy atom. The average molecular weight is 240 g/mol. The summed E-state index contributed by atoms with van der Waals surface area (Å²) in [6.07, 6.45) is 7.90. The second-order valence-corrected chi connectivity index (χ2v) is 4.78. The molecule has 0 spiro atoms. The molecule has 0 aliphatic carbocycles. The van der Waals surface area contributed by atoms with Crippen LogP contribution in [0.2, 0.25) is 0 Å². The quantitative estimate of drug-likeness (QED) is 0.333. The molecule has 0 bridgehead atoms. The van der Waals surface area contributed by atoms with E-state index in [2.05, 4.69) is 6.92 Å². The van der Waals surface area contributed by atoms with Crippen LogP contribution in [-0.2, 0) is 9.53 Å². The summed E-state index contributed by atoms with van der Waals surface area (Å²) in [5, 5.41) is 0. The predicted octanol–water partition coefficient (Wildman–Crippen LogP) is 4.64. The number of esters is 1. The first-order valence-corrected chi connectivity index (χ1v) is 6.96. The summed E-state index contributed by atoms with van der Waals surface area (Å²) in [4.78, 5) is 11.8. The van der Waals surface area contributed by atoms with Crippen LogP contribution in [0.15, 0.2) is 11.1 Å². The lowest BCUT2D eigenvalue weighted by Gasteiger charge is -2.09. The standard InChI is InChI=1S/C15H28O2/c1-5-7-8-9-10-11-14(13(3)4)15(16)17-12-6-2/h5-12H2,1-4H3. The Labute approximate surface area is 106 Å². The molecule has 0 radical (unpaired) electrons. The summed E-state index contributed by atoms with van der Waals surface area (Å²) in [6.45, 7) is 8.75. The maximum atomic E-state index is 11.8. The fraction of sp³-hybridized carbons (Fsp3) is 0.800. The second-order valence-electron chi connectivity index (χ2n) is 4.78. The van der Waals surface area contributed by atoms with Crippen molar-refractivity contribution in [3.8, 4) is 0 Å². The SMILES string of the molecule is CCCCCCCC(C(=O)OCCC)=C(C)C. The minimum atomic E-state index is -0.109. The lowest BCUT2D eigenvalue weighted by Crippen LogP contribution is -2.10. The van der Waals surface area contributed by atoms with Gasteiger partial charge in [-0.2, -0.15) is 0 Å². The average Bonchev–Trinajstić information content (AvgIpc) is 2.30. The minimum Gasteiger partial charge on any atom is -0.462 e. The largest absolute Gasteiger partial charge is 0.462 e. The molecule has 0 saturated carbocycles. The number of ether oxygens (including phenoxy) is 1. The highest BCUT2D eigenvalue weighted by Crippen LogP contribution is 2.16. The normalized spacial score (nSPS) is 10.1. The van der Waals surface area contributed by atoms with Gasteiger partial charge in [0.25, 0.3) is 0 Å². The van der Waals surface area contributed by atoms with Gasteiger partial charge in [0.2, 0.25) is 0 Å². The van der Waals surface area contributed by atoms with Crippen molar-refractivity contribution >= 4 is 5.97 Å². The van der Waals surface area contributed by atoms with Crippen molar-refractivity contribution < 1.29 is 9.53 Å². The zero-order valence-corrected chi connectivity index (χ0v) is 12.0. The van der Waals surface area contributed by atoms with Crippen LogP contribution in [0.4, 0.5) is 0 Å². The van der Waals surface area contributed by atoms with Crippen molar-refractivity contribution in [1.82, 2.24) is 0 Å². The zero-order chi connectivity index (χ0) is 13.1. The van der Waals surface area contributed by atoms with Crippen molar-refractivity contribution in [3.05, 3.63) is 11.1 Å². The predicted molar refractivity (Wildman–Crippen MR) is 73.0 cm³/mol. The molecule has 0 aliphatic rings. The molecule has 2 heteroatoms. The van der Waals surface area contributed by atoms with Crippen LogP contribution in [0.5, 0.6) is 0 Å². The lowest BCUT2D eigenvalue weighted by atomic mass is 10.0. The molecule has 0 rings (SSSR count). The summed E-state index contributed by atoms with van der Waals surface area (Å²) in [5.41, 5.74) is 1.98. The van der Waals surface area contributed by atoms with E-state index in [-0.39, 0.29) is 5.97 Å². The van der Waals surface area contributed by atoms with Crippen LogP contribution in [-0.4, -0.2) is 12.6 Å². The van der Waals surface area contributed by atoms with E-state index in [1.165, 1.54) is 25.7 Å². The van der Waals surface area contributed by atoms with Gasteiger partial charge in [-0.05, 0) is 33.1 Å². The topological polar surface area (TPSA) is 26.3 Å². The number of carbonyl (C=O) groups excluding carboxylic acids is 1. The Hall–Kier alpha value is -0.790. The van der Waals surface area contributed by atoms with Gasteiger partial charge in [0.05, 0.1) is 6.61 Å². The molecule has 0 aliphatic heterocycles. The number of hydrogen-bond donors (Lipinski definition) is 0. The maximum absolute atomic E-state index is 11.8. The van der Waals surface area contributed by atoms with Crippen LogP contribution in [0.25, 0.3) is 0 Å². The molecule has 0 saturated heterocycles. The van der Waals surface area contributed by atoms with Gasteiger partial charge in [-0.15, -0.1) is 0 Å². The monoisotopic (exact) mass is 240 g/mol. The minimum absolute atomic E-state index is 0.109. The maximum Gasteiger partial charge on any atom is 0.333 e. The molecular weight excluding hydrogens is 212 g/mol. The van der Waals surface area contributed by atoms with Crippen molar-refractivity contribution in [2.75, 3.05) is 6.61 Å². The third-order valence-corrected chi connectivity index (χ3v) is 2.82. The molecule has 2 nitrogen and oxygen atoms in total. The van der Waals surface area contributed by atoms with Crippen molar-refractivity contribution in [2.45, 2.75) is 72.6 Å². The Bertz CT molecular complexity index is 237. The van der Waals surface area contributed by atoms with E-state index in [4.69, 9.17) is 4.74 Å². The molecule has 0 amide bonds. The van der Waals surface area contributed by atoms with Gasteiger partial charge in [-0.1, -0.05) is 45.1 Å². The van der Waals surface area contributed by atoms with E-state index in [1.54, 1.807) is 0 Å². The molecule has 0 heterocycles. The summed E-state index contributed by atoms with van der Waals surface area (Å²) in [7, 11) is 0. The van der Waals surface area contributed by atoms with Crippen LogP contribution in [0.1, 0.15) is 72.6 Å². The second kappa shape index (κ2) is 10.4. The number of carbonyl (C=O) groups is 1. The Balaban J connectivity index is 4.01. The van der Waals surface area contributed by atoms with Crippen LogP contribution < -0.4 is 0 Å². The molecule has 0 unspecified atom stereocenters. The molecule has 17 heavy (non-hydrogen) atoms. The Morgan fingerprint density at radius 1 is 0.941 bits per heavy atom. The highest BCUT2D eigenvalue weighted by molar-refractivity contribution is 5.89. The van der Waals surface area contributed by atoms with Gasteiger partial charge in [0, 0.05) is 5.57 Å². The van der Waals surface area contributed by atoms with Gasteiger partial charge in [0.1, 0.15) is 0 Å². The van der Waals surface area contributed by atoms with Crippen molar-refractivity contribution in [2.24, 2.45) is 0 Å². The van der Waals surface area contributed by atoms with E-state index in [1.807, 2.05) is 20.8 Å². The number of hydrogen-bond acceptors (Lipinski definition) is 2. The van der Waals surface area contributed by atoms with Crippen LogP contribution in [0, 0.1) is 0 Å². The summed E-state index contributed by atoms with van der Waals surface area (Å²) < 4.78 is 5.20. The summed E-state index contributed by atoms with van der Waals surface area (Å²) >= 11 is 0. The van der Waals surface area contributed by atoms with Gasteiger partial charge < -0.3 is 4.74 Å². The molecule has 100 valence electrons. The lowest BCUT2D eigenvalue weighted by molar-refractivity contribution is -0.139. The van der Waals surface area contributed by atoms with Gasteiger partial charge in [0.15, 0.2) is 0 Å². The molecular formula is C15H28O2. The first-order chi connectivity index (χ1) is 8.13. The number of allylic oxidation sites excluding steroid dienone is 1. The Kier molecular flexibility index (Phi) is 9.89. The molecule has 0 N–H and O–H groups in total. The van der Waals surface area contributed by atoms with E-state index < -0.39 is 0 Å². The van der Waals surface area contributed by atoms with E-state index in [0.29, 0.717) is 6.61 Å². The summed E-state index contributed by atoms with van der Waals surface area (Å²) in [5.74, 6) is -0.109. The fourth-order valence-corrected chi connectivity index (χ4v) is 1.74. The van der Waals surface area contributed by atoms with E-state index in [0.717, 1.165) is 30.4 Å². The summed E-state index contributed by atoms with van der Waals surface area (Å²) in [6, 6.07) is 0. The van der Waals surface area contributed by atoms with Gasteiger partial charge >= 0.3 is 5.97 Å². The van der Waals surface area contributed by atoms with E-state index >= 15 is 0 Å². The highest BCUT2D eigenvalue weighted by atomic mass is 16.5. The van der Waals surface area contributed by atoms with Crippen LogP contribution in [0.3, 0.4) is 0 Å². The Morgan fingerprint density at radius 3 is 2.12 bits per heavy atom. The van der Waals surface area contributed by atoms with E-state index in [9.17, 15) is 4.79 Å². The molecule has 0 aromatic carbocycles. The first-order valence-electron chi connectivity index (χ1n) is 6.96. The van der Waals surface area contributed by atoms with Gasteiger partial charge in [-0.25, -0.2) is 4.79 Å². The fourth-order valence-electron chi connectivity index (χ4n) is 1.74. The third-order valence-electron chi connectivity index (χ3n) is 2.82. The third kappa shape index (κ3) is 8.00. The molecule has 0 aromatic heterocycles. The molecule has 0 atom stereocenters. The smallest absolute Gasteiger partial charge is 0.333 e. The number of unbranched alkanes of at least 4 members (excludes halogenated alkanes) is 4. The zero-order valence-electron chi connectivity index (χ0n) is 12.0. The highest BCUT2D eigenvalue weighted by Gasteiger charge is 2.11. The number of rotatable bonds is 9. The van der Waals surface area contributed by atoms with Crippen molar-refractivity contribution in [1.29, 1.82) is 0 Å². The first kappa shape index (κ1) is 16.2.